The molecule has 0 radical (unpaired) electrons. The van der Waals surface area contributed by atoms with E-state index >= 15 is 0 Å². The molecule has 23 heavy (non-hydrogen) atoms. The number of hydrogen-bond donors (Lipinski definition) is 1. The molecule has 0 saturated heterocycles. The molecule has 1 amide bonds. The van der Waals surface area contributed by atoms with Crippen molar-refractivity contribution in [2.75, 3.05) is 40.0 Å². The Morgan fingerprint density at radius 3 is 2.43 bits per heavy atom. The van der Waals surface area contributed by atoms with E-state index in [1.54, 1.807) is 12.1 Å². The first-order chi connectivity index (χ1) is 10.7. The standard InChI is InChI=1S/C15H24FN3O3S/c1-18(2)11-9-17-15(20)8-10-19(23(3,21)22)12-13-6-4-5-7-14(13)16/h4-7H,8-12H2,1-3H3,(H,17,20). The van der Waals surface area contributed by atoms with Crippen LogP contribution in [0.5, 0.6) is 0 Å². The number of halogens is 1. The molecule has 0 aliphatic carbocycles. The Balaban J connectivity index is 2.60. The number of amides is 1. The van der Waals surface area contributed by atoms with Gasteiger partial charge in [-0.05, 0) is 20.2 Å². The van der Waals surface area contributed by atoms with Crippen molar-refractivity contribution in [1.29, 1.82) is 0 Å². The number of carbonyl (C=O) groups is 1. The van der Waals surface area contributed by atoms with Crippen molar-refractivity contribution in [3.63, 3.8) is 0 Å². The van der Waals surface area contributed by atoms with Crippen molar-refractivity contribution >= 4 is 15.9 Å². The van der Waals surface area contributed by atoms with Gasteiger partial charge in [0.25, 0.3) is 0 Å². The van der Waals surface area contributed by atoms with Crippen molar-refractivity contribution in [1.82, 2.24) is 14.5 Å². The second-order valence-corrected chi connectivity index (χ2v) is 7.57. The van der Waals surface area contributed by atoms with Crippen LogP contribution in [0.3, 0.4) is 0 Å². The summed E-state index contributed by atoms with van der Waals surface area (Å²) in [4.78, 5) is 13.7. The molecule has 0 aliphatic rings. The molecule has 8 heteroatoms. The van der Waals surface area contributed by atoms with Crippen molar-refractivity contribution in [2.45, 2.75) is 13.0 Å². The van der Waals surface area contributed by atoms with Gasteiger partial charge in [0.05, 0.1) is 6.26 Å². The number of benzene rings is 1. The van der Waals surface area contributed by atoms with Crippen LogP contribution in [-0.2, 0) is 21.4 Å². The minimum Gasteiger partial charge on any atom is -0.355 e. The van der Waals surface area contributed by atoms with Gasteiger partial charge >= 0.3 is 0 Å². The van der Waals surface area contributed by atoms with E-state index in [4.69, 9.17) is 0 Å². The molecule has 0 unspecified atom stereocenters. The van der Waals surface area contributed by atoms with E-state index in [2.05, 4.69) is 5.32 Å². The first kappa shape index (κ1) is 19.5. The minimum absolute atomic E-state index is 0.0148. The third kappa shape index (κ3) is 7.54. The summed E-state index contributed by atoms with van der Waals surface area (Å²) >= 11 is 0. The van der Waals surface area contributed by atoms with Gasteiger partial charge in [-0.25, -0.2) is 12.8 Å². The number of nitrogens with one attached hydrogen (secondary N) is 1. The molecule has 0 bridgehead atoms. The van der Waals surface area contributed by atoms with Crippen LogP contribution in [0.15, 0.2) is 24.3 Å². The highest BCUT2D eigenvalue weighted by Crippen LogP contribution is 2.12. The van der Waals surface area contributed by atoms with Crippen LogP contribution in [0.1, 0.15) is 12.0 Å². The van der Waals surface area contributed by atoms with E-state index in [1.165, 1.54) is 12.1 Å². The summed E-state index contributed by atoms with van der Waals surface area (Å²) in [5.41, 5.74) is 0.283. The van der Waals surface area contributed by atoms with Crippen LogP contribution in [0, 0.1) is 5.82 Å². The van der Waals surface area contributed by atoms with Gasteiger partial charge in [-0.1, -0.05) is 18.2 Å². The summed E-state index contributed by atoms with van der Waals surface area (Å²) in [7, 11) is 0.259. The average molecular weight is 345 g/mol. The zero-order chi connectivity index (χ0) is 17.5. The molecule has 0 spiro atoms. The maximum Gasteiger partial charge on any atom is 0.221 e. The fourth-order valence-electron chi connectivity index (χ4n) is 1.91. The molecular weight excluding hydrogens is 321 g/mol. The van der Waals surface area contributed by atoms with E-state index in [-0.39, 0.29) is 31.0 Å². The first-order valence-corrected chi connectivity index (χ1v) is 9.15. The maximum atomic E-state index is 13.7. The molecule has 0 fully saturated rings. The van der Waals surface area contributed by atoms with Crippen LogP contribution in [0.25, 0.3) is 0 Å². The van der Waals surface area contributed by atoms with Crippen molar-refractivity contribution in [3.05, 3.63) is 35.6 Å². The Morgan fingerprint density at radius 2 is 1.87 bits per heavy atom. The third-order valence-electron chi connectivity index (χ3n) is 3.24. The van der Waals surface area contributed by atoms with E-state index < -0.39 is 15.8 Å². The first-order valence-electron chi connectivity index (χ1n) is 7.30. The molecule has 130 valence electrons. The normalized spacial score (nSPS) is 11.9. The fraction of sp³-hybridized carbons (Fsp3) is 0.533. The number of nitrogens with zero attached hydrogens (tertiary/aromatic N) is 2. The van der Waals surface area contributed by atoms with Crippen LogP contribution in [0.2, 0.25) is 0 Å². The van der Waals surface area contributed by atoms with Gasteiger partial charge < -0.3 is 10.2 Å². The fourth-order valence-corrected chi connectivity index (χ4v) is 2.71. The Bertz CT molecular complexity index is 620. The molecule has 0 heterocycles. The lowest BCUT2D eigenvalue weighted by Crippen LogP contribution is -2.36. The number of sulfonamides is 1. The topological polar surface area (TPSA) is 69.7 Å². The molecule has 0 saturated carbocycles. The molecule has 0 aliphatic heterocycles. The second kappa shape index (κ2) is 8.95. The predicted octanol–water partition coefficient (Wildman–Crippen LogP) is 0.655. The Labute approximate surface area is 137 Å². The molecule has 6 nitrogen and oxygen atoms in total. The highest BCUT2D eigenvalue weighted by molar-refractivity contribution is 7.88. The molecular formula is C15H24FN3O3S. The maximum absolute atomic E-state index is 13.7. The largest absolute Gasteiger partial charge is 0.355 e. The monoisotopic (exact) mass is 345 g/mol. The molecule has 0 atom stereocenters. The van der Waals surface area contributed by atoms with E-state index in [9.17, 15) is 17.6 Å². The predicted molar refractivity (Wildman–Crippen MR) is 87.8 cm³/mol. The summed E-state index contributed by atoms with van der Waals surface area (Å²) in [5.74, 6) is -0.689. The molecule has 1 rings (SSSR count). The van der Waals surface area contributed by atoms with Gasteiger partial charge in [0.15, 0.2) is 0 Å². The Kier molecular flexibility index (Phi) is 7.60. The number of likely N-dealkylation sites (N-methyl/N-ethyl adjacent to an activating group) is 1. The molecule has 1 aromatic rings. The van der Waals surface area contributed by atoms with Gasteiger partial charge in [-0.3, -0.25) is 4.79 Å². The van der Waals surface area contributed by atoms with Crippen LogP contribution < -0.4 is 5.32 Å². The molecule has 1 N–H and O–H groups in total. The Morgan fingerprint density at radius 1 is 1.22 bits per heavy atom. The van der Waals surface area contributed by atoms with Crippen molar-refractivity contribution in [2.24, 2.45) is 0 Å². The number of hydrogen-bond acceptors (Lipinski definition) is 4. The van der Waals surface area contributed by atoms with Crippen molar-refractivity contribution < 1.29 is 17.6 Å². The summed E-state index contributed by atoms with van der Waals surface area (Å²) in [6, 6.07) is 6.00. The minimum atomic E-state index is -3.53. The van der Waals surface area contributed by atoms with Gasteiger partial charge in [0.2, 0.25) is 15.9 Å². The summed E-state index contributed by atoms with van der Waals surface area (Å²) in [5, 5.41) is 2.72. The number of carbonyl (C=O) groups excluding carboxylic acids is 1. The van der Waals surface area contributed by atoms with Gasteiger partial charge in [-0.2, -0.15) is 4.31 Å². The van der Waals surface area contributed by atoms with Gasteiger partial charge in [0, 0.05) is 38.2 Å². The SMILES string of the molecule is CN(C)CCNC(=O)CCN(Cc1ccccc1F)S(C)(=O)=O. The van der Waals surface area contributed by atoms with Crippen LogP contribution in [-0.4, -0.2) is 63.5 Å². The lowest BCUT2D eigenvalue weighted by molar-refractivity contribution is -0.121. The molecule has 1 aromatic carbocycles. The third-order valence-corrected chi connectivity index (χ3v) is 4.49. The summed E-state index contributed by atoms with van der Waals surface area (Å²) in [6.07, 6.45) is 1.09. The quantitative estimate of drug-likeness (QED) is 0.714. The summed E-state index contributed by atoms with van der Waals surface area (Å²) < 4.78 is 38.4. The van der Waals surface area contributed by atoms with Crippen LogP contribution >= 0.6 is 0 Å². The zero-order valence-corrected chi connectivity index (χ0v) is 14.6. The highest BCUT2D eigenvalue weighted by Gasteiger charge is 2.19. The lowest BCUT2D eigenvalue weighted by Gasteiger charge is -2.20. The average Bonchev–Trinajstić information content (AvgIpc) is 2.43. The van der Waals surface area contributed by atoms with E-state index in [0.717, 1.165) is 10.6 Å². The lowest BCUT2D eigenvalue weighted by atomic mass is 10.2. The van der Waals surface area contributed by atoms with Gasteiger partial charge in [-0.15, -0.1) is 0 Å². The number of rotatable bonds is 9. The van der Waals surface area contributed by atoms with E-state index in [0.29, 0.717) is 13.1 Å². The highest BCUT2D eigenvalue weighted by atomic mass is 32.2. The zero-order valence-electron chi connectivity index (χ0n) is 13.8. The van der Waals surface area contributed by atoms with Gasteiger partial charge in [0.1, 0.15) is 5.82 Å². The van der Waals surface area contributed by atoms with Crippen LogP contribution in [0.4, 0.5) is 4.39 Å². The van der Waals surface area contributed by atoms with E-state index in [1.807, 2.05) is 19.0 Å². The Hall–Kier alpha value is -1.51. The molecule has 0 aromatic heterocycles. The summed E-state index contributed by atoms with van der Waals surface area (Å²) in [6.45, 7) is 1.13. The second-order valence-electron chi connectivity index (χ2n) is 5.59. The van der Waals surface area contributed by atoms with Crippen molar-refractivity contribution in [3.8, 4) is 0 Å². The smallest absolute Gasteiger partial charge is 0.221 e.